The fraction of sp³-hybridized carbons (Fsp3) is 0.667. The van der Waals surface area contributed by atoms with Crippen LogP contribution in [0, 0.1) is 5.92 Å². The number of esters is 3. The quantitative estimate of drug-likeness (QED) is 0.422. The average molecular weight is 298 g/mol. The van der Waals surface area contributed by atoms with Gasteiger partial charge in [0.05, 0.1) is 7.11 Å². The minimum atomic E-state index is -1.29. The molecule has 1 aliphatic rings. The van der Waals surface area contributed by atoms with Crippen LogP contribution >= 0.6 is 0 Å². The first kappa shape index (κ1) is 17.2. The van der Waals surface area contributed by atoms with Crippen molar-refractivity contribution in [2.75, 3.05) is 7.11 Å². The molecule has 6 heteroatoms. The minimum Gasteiger partial charge on any atom is -0.469 e. The van der Waals surface area contributed by atoms with Crippen molar-refractivity contribution in [1.29, 1.82) is 0 Å². The lowest BCUT2D eigenvalue weighted by atomic mass is 9.83. The van der Waals surface area contributed by atoms with Gasteiger partial charge in [-0.15, -0.1) is 0 Å². The predicted octanol–water partition coefficient (Wildman–Crippen LogP) is 1.77. The molecule has 1 aliphatic heterocycles. The average Bonchev–Trinajstić information content (AvgIpc) is 2.67. The number of methoxy groups -OCH3 is 1. The molecule has 0 radical (unpaired) electrons. The summed E-state index contributed by atoms with van der Waals surface area (Å²) in [5.41, 5.74) is -0.881. The van der Waals surface area contributed by atoms with Gasteiger partial charge in [0.15, 0.2) is 0 Å². The Hall–Kier alpha value is -1.85. The SMILES string of the molecule is C=C(C)C(=O)OC1C(=O)OC(C)(CCCC)C1C(=O)OC. The maximum Gasteiger partial charge on any atom is 0.349 e. The molecule has 1 rings (SSSR count). The summed E-state index contributed by atoms with van der Waals surface area (Å²) in [5.74, 6) is -3.05. The van der Waals surface area contributed by atoms with Crippen LogP contribution in [0.1, 0.15) is 40.0 Å². The summed E-state index contributed by atoms with van der Waals surface area (Å²) < 4.78 is 15.2. The Labute approximate surface area is 124 Å². The molecule has 0 aromatic carbocycles. The maximum atomic E-state index is 12.0. The molecule has 0 N–H and O–H groups in total. The van der Waals surface area contributed by atoms with E-state index in [9.17, 15) is 14.4 Å². The molecule has 21 heavy (non-hydrogen) atoms. The Bertz CT molecular complexity index is 455. The van der Waals surface area contributed by atoms with Crippen molar-refractivity contribution in [1.82, 2.24) is 0 Å². The van der Waals surface area contributed by atoms with Crippen LogP contribution < -0.4 is 0 Å². The molecule has 0 amide bonds. The number of hydrogen-bond acceptors (Lipinski definition) is 6. The second-order valence-electron chi connectivity index (χ2n) is 5.44. The summed E-state index contributed by atoms with van der Waals surface area (Å²) in [7, 11) is 1.23. The van der Waals surface area contributed by atoms with Crippen LogP contribution in [-0.4, -0.2) is 36.7 Å². The Morgan fingerprint density at radius 3 is 2.52 bits per heavy atom. The van der Waals surface area contributed by atoms with Gasteiger partial charge >= 0.3 is 17.9 Å². The monoisotopic (exact) mass is 298 g/mol. The van der Waals surface area contributed by atoms with E-state index in [-0.39, 0.29) is 5.57 Å². The number of rotatable bonds is 6. The van der Waals surface area contributed by atoms with Crippen molar-refractivity contribution in [3.8, 4) is 0 Å². The fourth-order valence-corrected chi connectivity index (χ4v) is 2.37. The van der Waals surface area contributed by atoms with Crippen molar-refractivity contribution >= 4 is 17.9 Å². The highest BCUT2D eigenvalue weighted by Gasteiger charge is 2.58. The summed E-state index contributed by atoms with van der Waals surface area (Å²) in [6, 6.07) is 0. The summed E-state index contributed by atoms with van der Waals surface area (Å²) in [4.78, 5) is 35.7. The van der Waals surface area contributed by atoms with E-state index in [0.29, 0.717) is 6.42 Å². The van der Waals surface area contributed by atoms with Gasteiger partial charge in [0.25, 0.3) is 0 Å². The first-order valence-corrected chi connectivity index (χ1v) is 6.94. The lowest BCUT2D eigenvalue weighted by molar-refractivity contribution is -0.162. The summed E-state index contributed by atoms with van der Waals surface area (Å²) >= 11 is 0. The minimum absolute atomic E-state index is 0.147. The van der Waals surface area contributed by atoms with Crippen molar-refractivity contribution in [2.24, 2.45) is 5.92 Å². The van der Waals surface area contributed by atoms with Gasteiger partial charge in [0, 0.05) is 5.57 Å². The van der Waals surface area contributed by atoms with E-state index in [0.717, 1.165) is 12.8 Å². The highest BCUT2D eigenvalue weighted by Crippen LogP contribution is 2.39. The summed E-state index contributed by atoms with van der Waals surface area (Å²) in [6.07, 6.45) is 0.870. The molecule has 0 aromatic rings. The first-order valence-electron chi connectivity index (χ1n) is 6.94. The number of carbonyl (C=O) groups is 3. The van der Waals surface area contributed by atoms with E-state index in [1.54, 1.807) is 6.92 Å². The number of hydrogen-bond donors (Lipinski definition) is 0. The van der Waals surface area contributed by atoms with Gasteiger partial charge in [-0.1, -0.05) is 19.9 Å². The molecule has 0 aromatic heterocycles. The molecule has 6 nitrogen and oxygen atoms in total. The van der Waals surface area contributed by atoms with Crippen LogP contribution in [0.15, 0.2) is 12.2 Å². The van der Waals surface area contributed by atoms with Gasteiger partial charge in [-0.25, -0.2) is 9.59 Å². The Morgan fingerprint density at radius 2 is 2.05 bits per heavy atom. The van der Waals surface area contributed by atoms with Gasteiger partial charge in [-0.3, -0.25) is 4.79 Å². The van der Waals surface area contributed by atoms with Crippen LogP contribution in [0.5, 0.6) is 0 Å². The third kappa shape index (κ3) is 3.62. The van der Waals surface area contributed by atoms with Crippen LogP contribution in [-0.2, 0) is 28.6 Å². The molecule has 1 saturated heterocycles. The smallest absolute Gasteiger partial charge is 0.349 e. The zero-order chi connectivity index (χ0) is 16.2. The molecular formula is C15H22O6. The molecule has 0 bridgehead atoms. The lowest BCUT2D eigenvalue weighted by Crippen LogP contribution is -2.43. The standard InChI is InChI=1S/C15H22O6/c1-6-7-8-15(4)10(13(17)19-5)11(14(18)21-15)20-12(16)9(2)3/h10-11H,2,6-8H2,1,3-5H3. The highest BCUT2D eigenvalue weighted by molar-refractivity contribution is 5.93. The zero-order valence-corrected chi connectivity index (χ0v) is 12.9. The van der Waals surface area contributed by atoms with Gasteiger partial charge in [-0.05, 0) is 26.7 Å². The zero-order valence-electron chi connectivity index (χ0n) is 12.9. The fourth-order valence-electron chi connectivity index (χ4n) is 2.37. The molecule has 1 heterocycles. The van der Waals surface area contributed by atoms with E-state index < -0.39 is 35.5 Å². The molecule has 0 spiro atoms. The highest BCUT2D eigenvalue weighted by atomic mass is 16.6. The topological polar surface area (TPSA) is 78.9 Å². The van der Waals surface area contributed by atoms with Crippen molar-refractivity contribution in [3.63, 3.8) is 0 Å². The van der Waals surface area contributed by atoms with Crippen LogP contribution in [0.4, 0.5) is 0 Å². The maximum absolute atomic E-state index is 12.0. The van der Waals surface area contributed by atoms with E-state index in [1.807, 2.05) is 6.92 Å². The van der Waals surface area contributed by atoms with Crippen molar-refractivity contribution < 1.29 is 28.6 Å². The predicted molar refractivity (Wildman–Crippen MR) is 74.2 cm³/mol. The largest absolute Gasteiger partial charge is 0.469 e. The number of carbonyl (C=O) groups excluding carboxylic acids is 3. The Morgan fingerprint density at radius 1 is 1.43 bits per heavy atom. The molecular weight excluding hydrogens is 276 g/mol. The van der Waals surface area contributed by atoms with Crippen molar-refractivity contribution in [3.05, 3.63) is 12.2 Å². The first-order chi connectivity index (χ1) is 9.76. The third-order valence-electron chi connectivity index (χ3n) is 3.59. The van der Waals surface area contributed by atoms with E-state index in [2.05, 4.69) is 6.58 Å². The molecule has 0 aliphatic carbocycles. The third-order valence-corrected chi connectivity index (χ3v) is 3.59. The number of unbranched alkanes of at least 4 members (excludes halogenated alkanes) is 1. The normalized spacial score (nSPS) is 27.9. The van der Waals surface area contributed by atoms with Crippen molar-refractivity contribution in [2.45, 2.75) is 51.7 Å². The lowest BCUT2D eigenvalue weighted by Gasteiger charge is -2.28. The summed E-state index contributed by atoms with van der Waals surface area (Å²) in [6.45, 7) is 8.58. The van der Waals surface area contributed by atoms with Crippen LogP contribution in [0.2, 0.25) is 0 Å². The van der Waals surface area contributed by atoms with Crippen LogP contribution in [0.25, 0.3) is 0 Å². The molecule has 3 unspecified atom stereocenters. The molecule has 118 valence electrons. The molecule has 3 atom stereocenters. The van der Waals surface area contributed by atoms with E-state index in [4.69, 9.17) is 14.2 Å². The number of ether oxygens (including phenoxy) is 3. The van der Waals surface area contributed by atoms with E-state index in [1.165, 1.54) is 14.0 Å². The van der Waals surface area contributed by atoms with Gasteiger partial charge in [-0.2, -0.15) is 0 Å². The Balaban J connectivity index is 3.05. The van der Waals surface area contributed by atoms with Gasteiger partial charge in [0.2, 0.25) is 6.10 Å². The van der Waals surface area contributed by atoms with Crippen LogP contribution in [0.3, 0.4) is 0 Å². The number of cyclic esters (lactones) is 1. The van der Waals surface area contributed by atoms with Gasteiger partial charge < -0.3 is 14.2 Å². The summed E-state index contributed by atoms with van der Waals surface area (Å²) in [5, 5.41) is 0. The second kappa shape index (κ2) is 6.74. The molecule has 1 fully saturated rings. The second-order valence-corrected chi connectivity index (χ2v) is 5.44. The van der Waals surface area contributed by atoms with E-state index >= 15 is 0 Å². The van der Waals surface area contributed by atoms with Gasteiger partial charge in [0.1, 0.15) is 11.5 Å². The Kier molecular flexibility index (Phi) is 5.52. The molecule has 0 saturated carbocycles.